The zero-order valence-electron chi connectivity index (χ0n) is 19.6. The number of nitrogens with zero attached hydrogens (tertiary/aromatic N) is 4. The normalized spacial score (nSPS) is 11.8. The molecule has 4 heteroatoms. The van der Waals surface area contributed by atoms with Gasteiger partial charge in [0.2, 0.25) is 0 Å². The first-order chi connectivity index (χ1) is 14.6. The number of fused-ring (bicyclic) bond motifs is 1. The SMILES string of the molecule is Cc1cc(C)c(C)c(-c2c3cccc(-c4cnc(CC(C)(C)C)cn4)c3nc[n+]2C)c1. The summed E-state index contributed by atoms with van der Waals surface area (Å²) in [4.78, 5) is 14.2. The van der Waals surface area contributed by atoms with Gasteiger partial charge in [-0.05, 0) is 66.9 Å². The van der Waals surface area contributed by atoms with Gasteiger partial charge in [0, 0.05) is 11.8 Å². The summed E-state index contributed by atoms with van der Waals surface area (Å²) >= 11 is 0. The molecule has 2 heterocycles. The Balaban J connectivity index is 1.89. The second-order valence-electron chi connectivity index (χ2n) is 9.79. The van der Waals surface area contributed by atoms with Crippen LogP contribution in [0.4, 0.5) is 0 Å². The number of benzene rings is 2. The minimum Gasteiger partial charge on any atom is -0.257 e. The molecule has 0 amide bonds. The lowest BCUT2D eigenvalue weighted by Gasteiger charge is -2.17. The number of aryl methyl sites for hydroxylation is 3. The number of rotatable bonds is 3. The smallest absolute Gasteiger partial charge is 0.257 e. The lowest BCUT2D eigenvalue weighted by atomic mass is 9.91. The second kappa shape index (κ2) is 7.84. The molecule has 0 aliphatic heterocycles. The molecule has 0 fully saturated rings. The summed E-state index contributed by atoms with van der Waals surface area (Å²) in [5.74, 6) is 0. The fourth-order valence-corrected chi connectivity index (χ4v) is 4.22. The quantitative estimate of drug-likeness (QED) is 0.406. The van der Waals surface area contributed by atoms with Crippen molar-refractivity contribution in [1.82, 2.24) is 15.0 Å². The highest BCUT2D eigenvalue weighted by Gasteiger charge is 2.21. The molecule has 0 N–H and O–H groups in total. The third kappa shape index (κ3) is 4.20. The summed E-state index contributed by atoms with van der Waals surface area (Å²) in [6, 6.07) is 10.8. The van der Waals surface area contributed by atoms with Crippen LogP contribution >= 0.6 is 0 Å². The molecule has 0 atom stereocenters. The molecular formula is C27H31N4+. The molecule has 0 saturated carbocycles. The van der Waals surface area contributed by atoms with E-state index in [1.54, 1.807) is 0 Å². The summed E-state index contributed by atoms with van der Waals surface area (Å²) in [7, 11) is 2.06. The fourth-order valence-electron chi connectivity index (χ4n) is 4.22. The molecule has 0 aliphatic carbocycles. The van der Waals surface area contributed by atoms with Gasteiger partial charge in [0.1, 0.15) is 5.69 Å². The van der Waals surface area contributed by atoms with E-state index in [0.717, 1.165) is 34.3 Å². The van der Waals surface area contributed by atoms with Crippen LogP contribution in [0, 0.1) is 26.2 Å². The third-order valence-electron chi connectivity index (χ3n) is 5.76. The van der Waals surface area contributed by atoms with Crippen molar-refractivity contribution in [3.63, 3.8) is 0 Å². The topological polar surface area (TPSA) is 42.6 Å². The van der Waals surface area contributed by atoms with Gasteiger partial charge in [-0.2, -0.15) is 0 Å². The summed E-state index contributed by atoms with van der Waals surface area (Å²) in [5.41, 5.74) is 10.3. The highest BCUT2D eigenvalue weighted by Crippen LogP contribution is 2.33. The van der Waals surface area contributed by atoms with Crippen molar-refractivity contribution in [2.24, 2.45) is 12.5 Å². The van der Waals surface area contributed by atoms with Gasteiger partial charge in [-0.3, -0.25) is 9.97 Å². The summed E-state index contributed by atoms with van der Waals surface area (Å²) in [6.07, 6.45) is 6.59. The van der Waals surface area contributed by atoms with Crippen LogP contribution < -0.4 is 4.57 Å². The first kappa shape index (κ1) is 21.1. The molecule has 0 saturated heterocycles. The average molecular weight is 412 g/mol. The van der Waals surface area contributed by atoms with Crippen LogP contribution in [-0.2, 0) is 13.5 Å². The molecule has 31 heavy (non-hydrogen) atoms. The van der Waals surface area contributed by atoms with E-state index in [-0.39, 0.29) is 5.41 Å². The number of para-hydroxylation sites is 1. The first-order valence-electron chi connectivity index (χ1n) is 10.8. The van der Waals surface area contributed by atoms with E-state index >= 15 is 0 Å². The lowest BCUT2D eigenvalue weighted by molar-refractivity contribution is -0.662. The minimum atomic E-state index is 0.185. The molecule has 158 valence electrons. The van der Waals surface area contributed by atoms with Crippen molar-refractivity contribution < 1.29 is 4.57 Å². The van der Waals surface area contributed by atoms with E-state index in [2.05, 4.69) is 88.5 Å². The molecule has 4 nitrogen and oxygen atoms in total. The molecule has 4 rings (SSSR count). The van der Waals surface area contributed by atoms with Gasteiger partial charge in [-0.1, -0.05) is 38.5 Å². The second-order valence-corrected chi connectivity index (χ2v) is 9.79. The van der Waals surface area contributed by atoms with Gasteiger partial charge in [0.15, 0.2) is 5.52 Å². The van der Waals surface area contributed by atoms with E-state index in [1.807, 2.05) is 18.7 Å². The molecule has 2 aromatic carbocycles. The van der Waals surface area contributed by atoms with Gasteiger partial charge < -0.3 is 0 Å². The van der Waals surface area contributed by atoms with Crippen molar-refractivity contribution in [1.29, 1.82) is 0 Å². The molecule has 0 radical (unpaired) electrons. The highest BCUT2D eigenvalue weighted by atomic mass is 15.0. The standard InChI is InChI=1S/C27H31N4/c1-17-11-18(2)19(3)23(12-17)26-22-10-8-9-21(25(22)30-16-31(26)7)24-15-28-20(14-29-24)13-27(4,5)6/h8-12,14-16H,13H2,1-7H3/q+1. The van der Waals surface area contributed by atoms with Gasteiger partial charge in [0.25, 0.3) is 6.33 Å². The van der Waals surface area contributed by atoms with Crippen LogP contribution in [0.2, 0.25) is 0 Å². The molecule has 0 bridgehead atoms. The molecule has 2 aromatic heterocycles. The van der Waals surface area contributed by atoms with Gasteiger partial charge in [0.05, 0.1) is 35.6 Å². The third-order valence-corrected chi connectivity index (χ3v) is 5.76. The maximum absolute atomic E-state index is 4.79. The van der Waals surface area contributed by atoms with Crippen molar-refractivity contribution in [3.05, 3.63) is 71.4 Å². The zero-order chi connectivity index (χ0) is 22.3. The molecule has 0 aliphatic rings. The van der Waals surface area contributed by atoms with Gasteiger partial charge in [-0.25, -0.2) is 4.57 Å². The fraction of sp³-hybridized carbons (Fsp3) is 0.333. The van der Waals surface area contributed by atoms with E-state index in [1.165, 1.54) is 27.9 Å². The number of aromatic nitrogens is 4. The van der Waals surface area contributed by atoms with Crippen LogP contribution in [0.1, 0.15) is 43.2 Å². The van der Waals surface area contributed by atoms with Gasteiger partial charge in [-0.15, -0.1) is 0 Å². The molecule has 0 unspecified atom stereocenters. The highest BCUT2D eigenvalue weighted by molar-refractivity contribution is 5.99. The molecule has 4 aromatic rings. The zero-order valence-corrected chi connectivity index (χ0v) is 19.6. The van der Waals surface area contributed by atoms with Gasteiger partial charge >= 0.3 is 0 Å². The Kier molecular flexibility index (Phi) is 5.34. The van der Waals surface area contributed by atoms with Crippen molar-refractivity contribution >= 4 is 10.9 Å². The Morgan fingerprint density at radius 1 is 0.903 bits per heavy atom. The lowest BCUT2D eigenvalue weighted by Crippen LogP contribution is -2.32. The largest absolute Gasteiger partial charge is 0.287 e. The predicted molar refractivity (Wildman–Crippen MR) is 127 cm³/mol. The summed E-state index contributed by atoms with van der Waals surface area (Å²) < 4.78 is 2.12. The molecule has 0 spiro atoms. The van der Waals surface area contributed by atoms with Crippen LogP contribution in [0.15, 0.2) is 49.1 Å². The van der Waals surface area contributed by atoms with E-state index in [0.29, 0.717) is 0 Å². The predicted octanol–water partition coefficient (Wildman–Crippen LogP) is 5.70. The van der Waals surface area contributed by atoms with Crippen LogP contribution in [0.3, 0.4) is 0 Å². The Morgan fingerprint density at radius 3 is 2.35 bits per heavy atom. The van der Waals surface area contributed by atoms with E-state index in [9.17, 15) is 0 Å². The Labute approximate surface area is 185 Å². The Hall–Kier alpha value is -3.14. The Bertz CT molecular complexity index is 1270. The van der Waals surface area contributed by atoms with Crippen LogP contribution in [-0.4, -0.2) is 15.0 Å². The van der Waals surface area contributed by atoms with Crippen LogP contribution in [0.5, 0.6) is 0 Å². The number of hydrogen-bond donors (Lipinski definition) is 0. The average Bonchev–Trinajstić information content (AvgIpc) is 2.70. The monoisotopic (exact) mass is 411 g/mol. The van der Waals surface area contributed by atoms with Crippen LogP contribution in [0.25, 0.3) is 33.4 Å². The van der Waals surface area contributed by atoms with Crippen molar-refractivity contribution in [3.8, 4) is 22.5 Å². The maximum atomic E-state index is 4.79. The van der Waals surface area contributed by atoms with Crippen molar-refractivity contribution in [2.45, 2.75) is 48.0 Å². The number of hydrogen-bond acceptors (Lipinski definition) is 3. The first-order valence-corrected chi connectivity index (χ1v) is 10.8. The summed E-state index contributed by atoms with van der Waals surface area (Å²) in [5, 5.41) is 1.12. The maximum Gasteiger partial charge on any atom is 0.287 e. The van der Waals surface area contributed by atoms with Crippen molar-refractivity contribution in [2.75, 3.05) is 0 Å². The minimum absolute atomic E-state index is 0.185. The molecular weight excluding hydrogens is 380 g/mol. The van der Waals surface area contributed by atoms with E-state index < -0.39 is 0 Å². The summed E-state index contributed by atoms with van der Waals surface area (Å²) in [6.45, 7) is 13.2. The van der Waals surface area contributed by atoms with E-state index in [4.69, 9.17) is 9.97 Å². The Morgan fingerprint density at radius 2 is 1.68 bits per heavy atom.